The van der Waals surface area contributed by atoms with Crippen LogP contribution in [0.25, 0.3) is 0 Å². The number of hydrogen-bond donors (Lipinski definition) is 1. The minimum Gasteiger partial charge on any atom is -0.496 e. The van der Waals surface area contributed by atoms with Crippen molar-refractivity contribution in [3.05, 3.63) is 29.3 Å². The predicted molar refractivity (Wildman–Crippen MR) is 60.6 cm³/mol. The molecule has 3 nitrogen and oxygen atoms in total. The van der Waals surface area contributed by atoms with Crippen LogP contribution in [-0.4, -0.2) is 19.4 Å². The van der Waals surface area contributed by atoms with E-state index in [1.165, 1.54) is 19.2 Å². The number of benzene rings is 1. The number of rotatable bonds is 5. The molecule has 0 aliphatic carbocycles. The van der Waals surface area contributed by atoms with E-state index in [1.54, 1.807) is 0 Å². The summed E-state index contributed by atoms with van der Waals surface area (Å²) in [6.45, 7) is 0.959. The third-order valence-corrected chi connectivity index (χ3v) is 2.38. The van der Waals surface area contributed by atoms with E-state index in [0.717, 1.165) is 13.0 Å². The van der Waals surface area contributed by atoms with Crippen molar-refractivity contribution in [2.24, 2.45) is 5.73 Å². The molecule has 0 radical (unpaired) electrons. The van der Waals surface area contributed by atoms with E-state index in [-0.39, 0.29) is 35.6 Å². The van der Waals surface area contributed by atoms with Crippen LogP contribution in [0.15, 0.2) is 18.2 Å². The third-order valence-electron chi connectivity index (χ3n) is 2.38. The monoisotopic (exact) mass is 243 g/mol. The second kappa shape index (κ2) is 5.23. The molecule has 0 atom stereocenters. The van der Waals surface area contributed by atoms with Crippen LogP contribution in [0, 0.1) is 0 Å². The van der Waals surface area contributed by atoms with Crippen LogP contribution in [0.2, 0.25) is 0 Å². The van der Waals surface area contributed by atoms with Gasteiger partial charge in [-0.2, -0.15) is 0 Å². The molecule has 0 aliphatic heterocycles. The lowest BCUT2D eigenvalue weighted by molar-refractivity contribution is 0.0174. The summed E-state index contributed by atoms with van der Waals surface area (Å²) >= 11 is 0. The molecule has 0 aromatic heterocycles. The maximum atomic E-state index is 13.1. The lowest BCUT2D eigenvalue weighted by Crippen LogP contribution is -2.12. The number of halogens is 2. The molecule has 0 spiro atoms. The average molecular weight is 243 g/mol. The molecule has 1 aromatic rings. The molecule has 0 heterocycles. The summed E-state index contributed by atoms with van der Waals surface area (Å²) in [7, 11) is 1.39. The van der Waals surface area contributed by atoms with E-state index in [0.29, 0.717) is 0 Å². The van der Waals surface area contributed by atoms with E-state index in [4.69, 9.17) is 10.5 Å². The van der Waals surface area contributed by atoms with Crippen molar-refractivity contribution in [1.29, 1.82) is 0 Å². The third kappa shape index (κ3) is 3.23. The molecule has 0 unspecified atom stereocenters. The maximum Gasteiger partial charge on any atom is 0.270 e. The Morgan fingerprint density at radius 1 is 1.47 bits per heavy atom. The van der Waals surface area contributed by atoms with Gasteiger partial charge in [-0.15, -0.1) is 0 Å². The fourth-order valence-corrected chi connectivity index (χ4v) is 1.46. The van der Waals surface area contributed by atoms with Gasteiger partial charge in [-0.05, 0) is 24.7 Å². The number of carbonyl (C=O) groups excluding carboxylic acids is 1. The SMILES string of the molecule is COc1ccc(C(C)(F)F)cc1C(=O)CCN. The summed E-state index contributed by atoms with van der Waals surface area (Å²) in [5, 5.41) is 0. The molecule has 2 N–H and O–H groups in total. The van der Waals surface area contributed by atoms with E-state index >= 15 is 0 Å². The summed E-state index contributed by atoms with van der Waals surface area (Å²) in [6, 6.07) is 3.78. The number of ketones is 1. The number of methoxy groups -OCH3 is 1. The Hall–Kier alpha value is -1.49. The second-order valence-corrected chi connectivity index (χ2v) is 3.77. The van der Waals surface area contributed by atoms with Crippen molar-refractivity contribution in [3.63, 3.8) is 0 Å². The predicted octanol–water partition coefficient (Wildman–Crippen LogP) is 2.34. The summed E-state index contributed by atoms with van der Waals surface area (Å²) in [5.41, 5.74) is 5.21. The molecule has 0 saturated heterocycles. The highest BCUT2D eigenvalue weighted by atomic mass is 19.3. The first kappa shape index (κ1) is 13.6. The van der Waals surface area contributed by atoms with Crippen molar-refractivity contribution >= 4 is 5.78 Å². The molecule has 0 aliphatic rings. The molecular formula is C12H15F2NO2. The molecule has 0 amide bonds. The number of carbonyl (C=O) groups is 1. The van der Waals surface area contributed by atoms with E-state index in [2.05, 4.69) is 0 Å². The van der Waals surface area contributed by atoms with Gasteiger partial charge in [-0.1, -0.05) is 0 Å². The second-order valence-electron chi connectivity index (χ2n) is 3.77. The van der Waals surface area contributed by atoms with Gasteiger partial charge in [0.2, 0.25) is 0 Å². The van der Waals surface area contributed by atoms with Crippen molar-refractivity contribution in [2.75, 3.05) is 13.7 Å². The van der Waals surface area contributed by atoms with Gasteiger partial charge in [-0.25, -0.2) is 8.78 Å². The Balaban J connectivity index is 3.20. The van der Waals surface area contributed by atoms with Gasteiger partial charge in [0.15, 0.2) is 5.78 Å². The first-order chi connectivity index (χ1) is 7.90. The zero-order valence-corrected chi connectivity index (χ0v) is 9.80. The number of Topliss-reactive ketones (excluding diaryl/α,β-unsaturated/α-hetero) is 1. The lowest BCUT2D eigenvalue weighted by Gasteiger charge is -2.14. The largest absolute Gasteiger partial charge is 0.496 e. The minimum absolute atomic E-state index is 0.106. The summed E-state index contributed by atoms with van der Waals surface area (Å²) in [4.78, 5) is 11.7. The Morgan fingerprint density at radius 3 is 2.59 bits per heavy atom. The van der Waals surface area contributed by atoms with Crippen molar-refractivity contribution in [1.82, 2.24) is 0 Å². The molecule has 94 valence electrons. The fourth-order valence-electron chi connectivity index (χ4n) is 1.46. The number of hydrogen-bond acceptors (Lipinski definition) is 3. The van der Waals surface area contributed by atoms with Gasteiger partial charge in [0.1, 0.15) is 5.75 Å². The standard InChI is InChI=1S/C12H15F2NO2/c1-12(13,14)8-3-4-11(17-2)9(7-8)10(16)5-6-15/h3-4,7H,5-6,15H2,1-2H3. The van der Waals surface area contributed by atoms with Gasteiger partial charge in [0.25, 0.3) is 5.92 Å². The zero-order valence-electron chi connectivity index (χ0n) is 9.80. The van der Waals surface area contributed by atoms with Crippen LogP contribution in [0.3, 0.4) is 0 Å². The molecular weight excluding hydrogens is 228 g/mol. The van der Waals surface area contributed by atoms with Crippen LogP contribution in [0.5, 0.6) is 5.75 Å². The van der Waals surface area contributed by atoms with Gasteiger partial charge >= 0.3 is 0 Å². The first-order valence-electron chi connectivity index (χ1n) is 5.19. The normalized spacial score (nSPS) is 11.4. The van der Waals surface area contributed by atoms with Crippen molar-refractivity contribution in [3.8, 4) is 5.75 Å². The smallest absolute Gasteiger partial charge is 0.270 e. The van der Waals surface area contributed by atoms with Gasteiger partial charge in [0.05, 0.1) is 12.7 Å². The van der Waals surface area contributed by atoms with Gasteiger partial charge in [0, 0.05) is 18.9 Å². The highest BCUT2D eigenvalue weighted by Crippen LogP contribution is 2.31. The first-order valence-corrected chi connectivity index (χ1v) is 5.19. The zero-order chi connectivity index (χ0) is 13.1. The van der Waals surface area contributed by atoms with Crippen molar-refractivity contribution < 1.29 is 18.3 Å². The quantitative estimate of drug-likeness (QED) is 0.807. The summed E-state index contributed by atoms with van der Waals surface area (Å²) < 4.78 is 31.3. The maximum absolute atomic E-state index is 13.1. The van der Waals surface area contributed by atoms with Gasteiger partial charge < -0.3 is 10.5 Å². The average Bonchev–Trinajstić information content (AvgIpc) is 2.27. The number of nitrogens with two attached hydrogens (primary N) is 1. The van der Waals surface area contributed by atoms with E-state index < -0.39 is 5.92 Å². The van der Waals surface area contributed by atoms with Crippen LogP contribution in [0.4, 0.5) is 8.78 Å². The highest BCUT2D eigenvalue weighted by molar-refractivity contribution is 5.99. The van der Waals surface area contributed by atoms with Crippen LogP contribution in [-0.2, 0) is 5.92 Å². The van der Waals surface area contributed by atoms with Crippen LogP contribution < -0.4 is 10.5 Å². The summed E-state index contributed by atoms with van der Waals surface area (Å²) in [5.74, 6) is -2.99. The molecule has 1 rings (SSSR count). The topological polar surface area (TPSA) is 52.3 Å². The van der Waals surface area contributed by atoms with Crippen LogP contribution >= 0.6 is 0 Å². The fraction of sp³-hybridized carbons (Fsp3) is 0.417. The highest BCUT2D eigenvalue weighted by Gasteiger charge is 2.26. The molecule has 0 fully saturated rings. The molecule has 0 saturated carbocycles. The Morgan fingerprint density at radius 2 is 2.12 bits per heavy atom. The molecule has 17 heavy (non-hydrogen) atoms. The Kier molecular flexibility index (Phi) is 4.17. The Bertz CT molecular complexity index is 413. The van der Waals surface area contributed by atoms with Crippen LogP contribution in [0.1, 0.15) is 29.3 Å². The summed E-state index contributed by atoms with van der Waals surface area (Å²) in [6.07, 6.45) is 0.106. The van der Waals surface area contributed by atoms with Gasteiger partial charge in [-0.3, -0.25) is 4.79 Å². The minimum atomic E-state index is -2.98. The van der Waals surface area contributed by atoms with E-state index in [1.807, 2.05) is 0 Å². The molecule has 0 bridgehead atoms. The lowest BCUT2D eigenvalue weighted by atomic mass is 10.0. The number of ether oxygens (including phenoxy) is 1. The molecule has 5 heteroatoms. The number of alkyl halides is 2. The van der Waals surface area contributed by atoms with E-state index in [9.17, 15) is 13.6 Å². The Labute approximate surface area is 98.6 Å². The van der Waals surface area contributed by atoms with Crippen molar-refractivity contribution in [2.45, 2.75) is 19.3 Å². The molecule has 1 aromatic carbocycles.